The van der Waals surface area contributed by atoms with Crippen molar-refractivity contribution >= 4 is 51.2 Å². The number of phenols is 1. The molecule has 1 saturated heterocycles. The fourth-order valence-electron chi connectivity index (χ4n) is 3.47. The van der Waals surface area contributed by atoms with E-state index in [0.29, 0.717) is 12.0 Å². The van der Waals surface area contributed by atoms with Gasteiger partial charge in [-0.3, -0.25) is 19.2 Å². The Labute approximate surface area is 229 Å². The van der Waals surface area contributed by atoms with Gasteiger partial charge in [0, 0.05) is 11.5 Å². The van der Waals surface area contributed by atoms with Gasteiger partial charge in [-0.15, -0.1) is 0 Å². The second-order valence-electron chi connectivity index (χ2n) is 9.11. The van der Waals surface area contributed by atoms with Crippen molar-refractivity contribution in [3.63, 3.8) is 0 Å². The van der Waals surface area contributed by atoms with Crippen LogP contribution in [-0.4, -0.2) is 81.5 Å². The van der Waals surface area contributed by atoms with Gasteiger partial charge in [0.05, 0.1) is 6.04 Å². The Hall–Kier alpha value is -2.97. The third-order valence-electron chi connectivity index (χ3n) is 6.07. The van der Waals surface area contributed by atoms with E-state index in [2.05, 4.69) is 21.3 Å². The highest BCUT2D eigenvalue weighted by molar-refractivity contribution is 8.76. The molecule has 38 heavy (non-hydrogen) atoms. The van der Waals surface area contributed by atoms with Gasteiger partial charge in [0.2, 0.25) is 23.6 Å². The van der Waals surface area contributed by atoms with Gasteiger partial charge < -0.3 is 37.2 Å². The summed E-state index contributed by atoms with van der Waals surface area (Å²) in [7, 11) is 2.27. The van der Waals surface area contributed by atoms with Gasteiger partial charge in [-0.05, 0) is 37.0 Å². The minimum atomic E-state index is -1.23. The van der Waals surface area contributed by atoms with E-state index in [1.54, 1.807) is 19.1 Å². The molecule has 4 amide bonds. The Kier molecular flexibility index (Phi) is 12.2. The molecule has 1 aromatic carbocycles. The minimum absolute atomic E-state index is 0.00797. The third kappa shape index (κ3) is 9.40. The molecular formula is C24H35N5O7S2. The van der Waals surface area contributed by atoms with E-state index < -0.39 is 59.8 Å². The molecule has 8 N–H and O–H groups in total. The maximum absolute atomic E-state index is 13.0. The molecule has 1 fully saturated rings. The molecule has 1 aromatic rings. The number of amides is 4. The Morgan fingerprint density at radius 1 is 1.05 bits per heavy atom. The fraction of sp³-hybridized carbons (Fsp3) is 0.542. The van der Waals surface area contributed by atoms with Crippen molar-refractivity contribution < 1.29 is 34.2 Å². The van der Waals surface area contributed by atoms with Gasteiger partial charge in [-0.1, -0.05) is 54.0 Å². The lowest BCUT2D eigenvalue weighted by atomic mass is 9.97. The van der Waals surface area contributed by atoms with Gasteiger partial charge in [-0.2, -0.15) is 0 Å². The molecule has 0 aromatic heterocycles. The van der Waals surface area contributed by atoms with Crippen LogP contribution in [0.4, 0.5) is 0 Å². The maximum atomic E-state index is 13.0. The number of nitrogens with two attached hydrogens (primary N) is 1. The van der Waals surface area contributed by atoms with E-state index in [1.807, 2.05) is 6.92 Å². The number of aromatic hydroxyl groups is 1. The predicted octanol–water partition coefficient (Wildman–Crippen LogP) is -0.253. The summed E-state index contributed by atoms with van der Waals surface area (Å²) in [6, 6.07) is 0.916. The van der Waals surface area contributed by atoms with Crippen LogP contribution in [0.25, 0.3) is 0 Å². The first-order chi connectivity index (χ1) is 17.9. The first-order valence-corrected chi connectivity index (χ1v) is 14.6. The van der Waals surface area contributed by atoms with Crippen molar-refractivity contribution in [1.82, 2.24) is 21.3 Å². The molecule has 1 aliphatic heterocycles. The molecule has 12 nitrogen and oxygen atoms in total. The number of benzene rings is 1. The molecule has 0 spiro atoms. The SMILES string of the molecule is CC[C@@H](C)[C@@H]1NC(=O)[C@H](C)NC(=O)[C@@H](NC(=O)[C@@H](N)Cc2ccc(O)cc2)CSSC[C@@H](C(=O)O)NC1=O. The summed E-state index contributed by atoms with van der Waals surface area (Å²) in [4.78, 5) is 63.2. The van der Waals surface area contributed by atoms with Crippen LogP contribution in [0.1, 0.15) is 32.8 Å². The zero-order valence-electron chi connectivity index (χ0n) is 21.4. The number of carbonyl (C=O) groups is 5. The van der Waals surface area contributed by atoms with Crippen LogP contribution in [0.5, 0.6) is 5.75 Å². The van der Waals surface area contributed by atoms with Crippen molar-refractivity contribution in [2.45, 2.75) is 63.8 Å². The summed E-state index contributed by atoms with van der Waals surface area (Å²) in [6.07, 6.45) is 0.706. The first-order valence-electron chi connectivity index (χ1n) is 12.1. The lowest BCUT2D eigenvalue weighted by Crippen LogP contribution is -2.59. The highest BCUT2D eigenvalue weighted by atomic mass is 33.1. The Bertz CT molecular complexity index is 1010. The van der Waals surface area contributed by atoms with Crippen LogP contribution in [0.3, 0.4) is 0 Å². The van der Waals surface area contributed by atoms with Crippen LogP contribution in [0.2, 0.25) is 0 Å². The van der Waals surface area contributed by atoms with Gasteiger partial charge in [0.1, 0.15) is 29.9 Å². The largest absolute Gasteiger partial charge is 0.508 e. The van der Waals surface area contributed by atoms with Gasteiger partial charge in [0.15, 0.2) is 0 Å². The summed E-state index contributed by atoms with van der Waals surface area (Å²) in [5.41, 5.74) is 6.76. The zero-order chi connectivity index (χ0) is 28.4. The van der Waals surface area contributed by atoms with Crippen molar-refractivity contribution in [3.05, 3.63) is 29.8 Å². The average molecular weight is 570 g/mol. The molecular weight excluding hydrogens is 534 g/mol. The lowest BCUT2D eigenvalue weighted by Gasteiger charge is -2.28. The highest BCUT2D eigenvalue weighted by Gasteiger charge is 2.33. The second kappa shape index (κ2) is 14.8. The van der Waals surface area contributed by atoms with Gasteiger partial charge in [-0.25, -0.2) is 4.79 Å². The van der Waals surface area contributed by atoms with Crippen LogP contribution in [0, 0.1) is 5.92 Å². The molecule has 0 aliphatic carbocycles. The predicted molar refractivity (Wildman–Crippen MR) is 145 cm³/mol. The number of rotatable bonds is 7. The zero-order valence-corrected chi connectivity index (χ0v) is 23.1. The normalized spacial score (nSPS) is 25.1. The van der Waals surface area contributed by atoms with Crippen LogP contribution >= 0.6 is 21.6 Å². The monoisotopic (exact) mass is 569 g/mol. The smallest absolute Gasteiger partial charge is 0.327 e. The van der Waals surface area contributed by atoms with Crippen LogP contribution in [0.15, 0.2) is 24.3 Å². The van der Waals surface area contributed by atoms with E-state index >= 15 is 0 Å². The van der Waals surface area contributed by atoms with Gasteiger partial charge >= 0.3 is 5.97 Å². The fourth-order valence-corrected chi connectivity index (χ4v) is 5.79. The third-order valence-corrected chi connectivity index (χ3v) is 8.50. The number of hydrogen-bond acceptors (Lipinski definition) is 9. The molecule has 1 heterocycles. The van der Waals surface area contributed by atoms with E-state index in [0.717, 1.165) is 21.6 Å². The second-order valence-corrected chi connectivity index (χ2v) is 11.7. The number of aliphatic carboxylic acids is 1. The number of nitrogens with one attached hydrogen (secondary N) is 4. The Morgan fingerprint density at radius 2 is 1.68 bits per heavy atom. The van der Waals surface area contributed by atoms with E-state index in [-0.39, 0.29) is 29.6 Å². The molecule has 210 valence electrons. The van der Waals surface area contributed by atoms with E-state index in [1.165, 1.54) is 19.1 Å². The van der Waals surface area contributed by atoms with E-state index in [4.69, 9.17) is 5.73 Å². The van der Waals surface area contributed by atoms with Crippen molar-refractivity contribution in [2.24, 2.45) is 11.7 Å². The summed E-state index contributed by atoms with van der Waals surface area (Å²) in [5.74, 6) is -3.86. The summed E-state index contributed by atoms with van der Waals surface area (Å²) in [6.45, 7) is 5.04. The molecule has 0 saturated carbocycles. The average Bonchev–Trinajstić information content (AvgIpc) is 2.87. The number of carboxylic acids is 1. The molecule has 0 unspecified atom stereocenters. The molecule has 2 rings (SSSR count). The minimum Gasteiger partial charge on any atom is -0.508 e. The first kappa shape index (κ1) is 31.2. The molecule has 0 radical (unpaired) electrons. The quantitative estimate of drug-likeness (QED) is 0.215. The Balaban J connectivity index is 2.18. The maximum Gasteiger partial charge on any atom is 0.327 e. The van der Waals surface area contributed by atoms with Crippen LogP contribution < -0.4 is 27.0 Å². The van der Waals surface area contributed by atoms with Crippen molar-refractivity contribution in [2.75, 3.05) is 11.5 Å². The van der Waals surface area contributed by atoms with Crippen molar-refractivity contribution in [3.8, 4) is 5.75 Å². The summed E-state index contributed by atoms with van der Waals surface area (Å²) >= 11 is 0. The number of hydrogen-bond donors (Lipinski definition) is 7. The van der Waals surface area contributed by atoms with Crippen LogP contribution in [-0.2, 0) is 30.4 Å². The van der Waals surface area contributed by atoms with Gasteiger partial charge in [0.25, 0.3) is 0 Å². The topological polar surface area (TPSA) is 200 Å². The van der Waals surface area contributed by atoms with E-state index in [9.17, 15) is 34.2 Å². The number of carbonyl (C=O) groups excluding carboxylic acids is 4. The molecule has 0 bridgehead atoms. The molecule has 6 atom stereocenters. The molecule has 1 aliphatic rings. The molecule has 14 heteroatoms. The standard InChI is InChI=1S/C24H35N5O7S2/c1-4-12(2)19-23(34)28-18(24(35)36)11-38-37-10-17(22(33)26-13(3)20(31)29-19)27-21(32)16(25)9-14-5-7-15(30)8-6-14/h5-8,12-13,16-19,30H,4,9-11,25H2,1-3H3,(H,26,33)(H,27,32)(H,28,34)(H,29,31)(H,35,36)/t12-,13+,16+,17+,18+,19+/m1/s1. The summed E-state index contributed by atoms with van der Waals surface area (Å²) in [5, 5.41) is 29.3. The Morgan fingerprint density at radius 3 is 2.29 bits per heavy atom. The lowest BCUT2D eigenvalue weighted by molar-refractivity contribution is -0.142. The number of carboxylic acid groups (broad SMARTS) is 1. The van der Waals surface area contributed by atoms with Crippen molar-refractivity contribution in [1.29, 1.82) is 0 Å². The number of phenolic OH excluding ortho intramolecular Hbond substituents is 1. The highest BCUT2D eigenvalue weighted by Crippen LogP contribution is 2.24. The summed E-state index contributed by atoms with van der Waals surface area (Å²) < 4.78 is 0.